The van der Waals surface area contributed by atoms with Gasteiger partial charge in [-0.05, 0) is 55.1 Å². The Labute approximate surface area is 301 Å². The second-order valence-electron chi connectivity index (χ2n) is 16.1. The van der Waals surface area contributed by atoms with E-state index in [1.807, 2.05) is 34.6 Å². The van der Waals surface area contributed by atoms with Crippen LogP contribution < -0.4 is 21.3 Å². The van der Waals surface area contributed by atoms with Gasteiger partial charge in [0.25, 0.3) is 17.7 Å². The zero-order chi connectivity index (χ0) is 38.3. The summed E-state index contributed by atoms with van der Waals surface area (Å²) >= 11 is 0. The Hall–Kier alpha value is -4.29. The Balaban J connectivity index is 1.88. The number of nitrogens with zero attached hydrogens (tertiary/aromatic N) is 2. The fraction of sp³-hybridized carbons (Fsp3) is 0.676. The molecular weight excluding hydrogens is 656 g/mol. The maximum atomic E-state index is 14.5. The number of hydrogen-bond donors (Lipinski definition) is 4. The van der Waals surface area contributed by atoms with Gasteiger partial charge in [0.1, 0.15) is 25.3 Å². The summed E-state index contributed by atoms with van der Waals surface area (Å²) < 4.78 is 5.02. The maximum Gasteiger partial charge on any atom is 0.315 e. The number of nitrogens with one attached hydrogen (secondary N) is 4. The van der Waals surface area contributed by atoms with E-state index in [-0.39, 0.29) is 38.8 Å². The van der Waals surface area contributed by atoms with Crippen molar-refractivity contribution in [3.8, 4) is 0 Å². The fourth-order valence-corrected chi connectivity index (χ4v) is 6.02. The van der Waals surface area contributed by atoms with Crippen molar-refractivity contribution in [3.05, 3.63) is 30.0 Å². The lowest BCUT2D eigenvalue weighted by molar-refractivity contribution is -0.159. The van der Waals surface area contributed by atoms with Crippen molar-refractivity contribution in [2.24, 2.45) is 22.7 Å². The number of carbonyl (C=O) groups is 7. The SMILES string of the molecule is C=CCNC(=O)C(=O)C(CC1CC1)NC(=O)[C@@H]1C(C=C=C(C)C)CCN1C(=O)[C@@H](NC(=O)N[C@H](CN1C(=O)COCC1=O)C(C)(C)C)C(C)(C)C. The number of urea groups is 1. The maximum absolute atomic E-state index is 14.5. The van der Waals surface area contributed by atoms with Crippen LogP contribution in [0.25, 0.3) is 0 Å². The standard InChI is InChI=1S/C37H56N6O8/c1-10-16-38-33(48)30(46)25(18-23-12-13-23)39-32(47)29-24(14-11-22(2)3)15-17-42(29)34(49)31(37(7,8)9)41-35(50)40-26(36(4,5)6)19-43-27(44)20-51-21-28(43)45/h10,14,23-26,29,31H,1,12-13,15-21H2,2-9H3,(H,38,48)(H,39,47)(H2,40,41,50)/t24?,25?,26-,29+,31-/m1/s1. The van der Waals surface area contributed by atoms with E-state index in [9.17, 15) is 33.6 Å². The van der Waals surface area contributed by atoms with Gasteiger partial charge in [0.15, 0.2) is 0 Å². The molecule has 7 amide bonds. The second kappa shape index (κ2) is 17.3. The first-order chi connectivity index (χ1) is 23.7. The van der Waals surface area contributed by atoms with Crippen molar-refractivity contribution in [2.75, 3.05) is 32.8 Å². The molecule has 0 aromatic heterocycles. The highest BCUT2D eigenvalue weighted by Gasteiger charge is 2.47. The lowest BCUT2D eigenvalue weighted by atomic mass is 9.85. The molecule has 2 heterocycles. The molecule has 14 heteroatoms. The monoisotopic (exact) mass is 712 g/mol. The molecule has 3 aliphatic rings. The van der Waals surface area contributed by atoms with Gasteiger partial charge in [-0.1, -0.05) is 60.5 Å². The lowest BCUT2D eigenvalue weighted by Crippen LogP contribution is -2.63. The number of imide groups is 1. The van der Waals surface area contributed by atoms with Gasteiger partial charge in [-0.25, -0.2) is 4.79 Å². The largest absolute Gasteiger partial charge is 0.362 e. The molecular formula is C37H56N6O8. The van der Waals surface area contributed by atoms with Crippen LogP contribution in [0.3, 0.4) is 0 Å². The van der Waals surface area contributed by atoms with Crippen LogP contribution in [0.15, 0.2) is 30.0 Å². The number of morpholine rings is 1. The van der Waals surface area contributed by atoms with Crippen LogP contribution in [0, 0.1) is 22.7 Å². The minimum absolute atomic E-state index is 0.0782. The van der Waals surface area contributed by atoms with Gasteiger partial charge in [0.2, 0.25) is 17.6 Å². The Morgan fingerprint density at radius 1 is 0.941 bits per heavy atom. The number of hydrogen-bond acceptors (Lipinski definition) is 8. The lowest BCUT2D eigenvalue weighted by Gasteiger charge is -2.38. The molecule has 0 aromatic carbocycles. The van der Waals surface area contributed by atoms with E-state index >= 15 is 0 Å². The molecule has 3 rings (SSSR count). The van der Waals surface area contributed by atoms with Crippen molar-refractivity contribution in [1.82, 2.24) is 31.1 Å². The highest BCUT2D eigenvalue weighted by Crippen LogP contribution is 2.34. The summed E-state index contributed by atoms with van der Waals surface area (Å²) in [4.78, 5) is 95.4. The van der Waals surface area contributed by atoms with Crippen molar-refractivity contribution < 1.29 is 38.3 Å². The van der Waals surface area contributed by atoms with Gasteiger partial charge in [-0.15, -0.1) is 12.3 Å². The van der Waals surface area contributed by atoms with E-state index in [0.717, 1.165) is 23.3 Å². The van der Waals surface area contributed by atoms with Crippen LogP contribution in [-0.2, 0) is 33.5 Å². The molecule has 0 aromatic rings. The number of ketones is 1. The summed E-state index contributed by atoms with van der Waals surface area (Å²) in [5, 5.41) is 11.0. The molecule has 282 valence electrons. The van der Waals surface area contributed by atoms with E-state index in [4.69, 9.17) is 4.74 Å². The summed E-state index contributed by atoms with van der Waals surface area (Å²) in [5.41, 5.74) is 2.63. The number of ether oxygens (including phenoxy) is 1. The normalized spacial score (nSPS) is 21.1. The summed E-state index contributed by atoms with van der Waals surface area (Å²) in [6.45, 7) is 18.0. The van der Waals surface area contributed by atoms with Gasteiger partial charge < -0.3 is 30.9 Å². The summed E-state index contributed by atoms with van der Waals surface area (Å²) in [6, 6.07) is -4.56. The quantitative estimate of drug-likeness (QED) is 0.0913. The zero-order valence-electron chi connectivity index (χ0n) is 31.4. The van der Waals surface area contributed by atoms with Crippen molar-refractivity contribution >= 4 is 41.4 Å². The van der Waals surface area contributed by atoms with Crippen LogP contribution >= 0.6 is 0 Å². The van der Waals surface area contributed by atoms with E-state index < -0.39 is 82.3 Å². The van der Waals surface area contributed by atoms with Crippen LogP contribution in [0.1, 0.15) is 81.1 Å². The molecule has 5 atom stereocenters. The molecule has 14 nitrogen and oxygen atoms in total. The smallest absolute Gasteiger partial charge is 0.315 e. The average Bonchev–Trinajstić information content (AvgIpc) is 3.75. The van der Waals surface area contributed by atoms with E-state index in [1.54, 1.807) is 26.8 Å². The Morgan fingerprint density at radius 2 is 1.57 bits per heavy atom. The van der Waals surface area contributed by atoms with E-state index in [0.29, 0.717) is 12.8 Å². The van der Waals surface area contributed by atoms with Crippen molar-refractivity contribution in [3.63, 3.8) is 0 Å². The molecule has 3 fully saturated rings. The van der Waals surface area contributed by atoms with Crippen molar-refractivity contribution in [1.29, 1.82) is 0 Å². The molecule has 51 heavy (non-hydrogen) atoms. The third-order valence-corrected chi connectivity index (χ3v) is 9.27. The molecule has 0 radical (unpaired) electrons. The summed E-state index contributed by atoms with van der Waals surface area (Å²) in [6.07, 6.45) is 5.74. The van der Waals surface area contributed by atoms with Crippen LogP contribution in [0.4, 0.5) is 4.79 Å². The Kier molecular flexibility index (Phi) is 13.9. The van der Waals surface area contributed by atoms with Gasteiger partial charge in [-0.2, -0.15) is 0 Å². The van der Waals surface area contributed by atoms with Crippen molar-refractivity contribution in [2.45, 2.75) is 105 Å². The number of Topliss-reactive ketones (excluding diaryl/α,β-unsaturated/α-hetero) is 1. The highest BCUT2D eigenvalue weighted by molar-refractivity contribution is 6.38. The molecule has 2 aliphatic heterocycles. The average molecular weight is 713 g/mol. The number of rotatable bonds is 14. The summed E-state index contributed by atoms with van der Waals surface area (Å²) in [5.74, 6) is -3.89. The zero-order valence-corrected chi connectivity index (χ0v) is 31.4. The predicted octanol–water partition coefficient (Wildman–Crippen LogP) is 2.00. The Morgan fingerprint density at radius 3 is 2.10 bits per heavy atom. The molecule has 0 spiro atoms. The van der Waals surface area contributed by atoms with Crippen LogP contribution in [0.2, 0.25) is 0 Å². The minimum atomic E-state index is -1.10. The topological polar surface area (TPSA) is 183 Å². The Bertz CT molecular complexity index is 1430. The molecule has 0 bridgehead atoms. The highest BCUT2D eigenvalue weighted by atomic mass is 16.5. The molecule has 2 unspecified atom stereocenters. The third kappa shape index (κ3) is 11.6. The first kappa shape index (κ1) is 41.1. The van der Waals surface area contributed by atoms with Gasteiger partial charge in [0, 0.05) is 25.6 Å². The van der Waals surface area contributed by atoms with Gasteiger partial charge in [0.05, 0.1) is 12.1 Å². The predicted molar refractivity (Wildman–Crippen MR) is 190 cm³/mol. The first-order valence-corrected chi connectivity index (χ1v) is 17.7. The fourth-order valence-electron chi connectivity index (χ4n) is 6.02. The number of likely N-dealkylation sites (tertiary alicyclic amines) is 1. The van der Waals surface area contributed by atoms with E-state index in [1.165, 1.54) is 11.0 Å². The van der Waals surface area contributed by atoms with Crippen LogP contribution in [0.5, 0.6) is 0 Å². The molecule has 1 aliphatic carbocycles. The number of carbonyl (C=O) groups excluding carboxylic acids is 7. The third-order valence-electron chi connectivity index (χ3n) is 9.27. The first-order valence-electron chi connectivity index (χ1n) is 17.7. The molecule has 4 N–H and O–H groups in total. The molecule has 1 saturated carbocycles. The molecule has 2 saturated heterocycles. The van der Waals surface area contributed by atoms with Gasteiger partial charge in [-0.3, -0.25) is 33.7 Å². The number of amides is 7. The minimum Gasteiger partial charge on any atom is -0.362 e. The summed E-state index contributed by atoms with van der Waals surface area (Å²) in [7, 11) is 0. The second-order valence-corrected chi connectivity index (χ2v) is 16.1. The van der Waals surface area contributed by atoms with Crippen LogP contribution in [-0.4, -0.2) is 108 Å². The van der Waals surface area contributed by atoms with Gasteiger partial charge >= 0.3 is 6.03 Å². The van der Waals surface area contributed by atoms with E-state index in [2.05, 4.69) is 33.6 Å².